The predicted octanol–water partition coefficient (Wildman–Crippen LogP) is 2.40. The van der Waals surface area contributed by atoms with Gasteiger partial charge in [0.2, 0.25) is 5.91 Å². The summed E-state index contributed by atoms with van der Waals surface area (Å²) < 4.78 is 19.1. The highest BCUT2D eigenvalue weighted by Gasteiger charge is 2.27. The number of rotatable bonds is 6. The van der Waals surface area contributed by atoms with E-state index in [0.717, 1.165) is 0 Å². The molecular weight excluding hydrogens is 335 g/mol. The minimum absolute atomic E-state index is 0.0620. The molecule has 2 heterocycles. The Balaban J connectivity index is 1.54. The molecular formula is C19H21FN4O2. The second-order valence-corrected chi connectivity index (χ2v) is 6.01. The molecule has 26 heavy (non-hydrogen) atoms. The molecule has 2 aromatic rings. The van der Waals surface area contributed by atoms with E-state index in [1.807, 2.05) is 0 Å². The van der Waals surface area contributed by atoms with Crippen molar-refractivity contribution in [2.75, 3.05) is 18.5 Å². The van der Waals surface area contributed by atoms with E-state index in [0.29, 0.717) is 31.0 Å². The van der Waals surface area contributed by atoms with Gasteiger partial charge in [-0.3, -0.25) is 4.79 Å². The second kappa shape index (κ2) is 9.05. The van der Waals surface area contributed by atoms with Crippen molar-refractivity contribution in [2.45, 2.75) is 24.9 Å². The van der Waals surface area contributed by atoms with Gasteiger partial charge >= 0.3 is 0 Å². The number of nitrogens with zero attached hydrogens (tertiary/aromatic N) is 2. The molecule has 1 aliphatic heterocycles. The highest BCUT2D eigenvalue weighted by Crippen LogP contribution is 2.13. The van der Waals surface area contributed by atoms with E-state index in [1.165, 1.54) is 12.4 Å². The molecule has 6 nitrogen and oxygen atoms in total. The number of hydrogen-bond acceptors (Lipinski definition) is 5. The molecule has 136 valence electrons. The van der Waals surface area contributed by atoms with Crippen LogP contribution in [0, 0.1) is 5.82 Å². The monoisotopic (exact) mass is 356 g/mol. The number of halogens is 1. The first-order chi connectivity index (χ1) is 12.7. The molecule has 0 saturated carbocycles. The molecule has 0 aliphatic carbocycles. The lowest BCUT2D eigenvalue weighted by Crippen LogP contribution is -2.52. The van der Waals surface area contributed by atoms with Crippen LogP contribution in [0.15, 0.2) is 48.9 Å². The van der Waals surface area contributed by atoms with E-state index < -0.39 is 0 Å². The first-order valence-electron chi connectivity index (χ1n) is 8.53. The summed E-state index contributed by atoms with van der Waals surface area (Å²) in [7, 11) is 0. The number of ether oxygens (including phenoxy) is 1. The molecule has 1 fully saturated rings. The lowest BCUT2D eigenvalue weighted by atomic mass is 10.0. The number of anilines is 1. The van der Waals surface area contributed by atoms with Crippen LogP contribution in [0.25, 0.3) is 6.08 Å². The topological polar surface area (TPSA) is 76.1 Å². The van der Waals surface area contributed by atoms with Crippen molar-refractivity contribution in [2.24, 2.45) is 0 Å². The average Bonchev–Trinajstić information content (AvgIpc) is 2.66. The van der Waals surface area contributed by atoms with Crippen molar-refractivity contribution in [3.8, 4) is 0 Å². The fraction of sp³-hybridized carbons (Fsp3) is 0.316. The Labute approximate surface area is 151 Å². The van der Waals surface area contributed by atoms with Gasteiger partial charge in [0.25, 0.3) is 0 Å². The van der Waals surface area contributed by atoms with Crippen LogP contribution in [0.2, 0.25) is 0 Å². The van der Waals surface area contributed by atoms with Crippen LogP contribution < -0.4 is 10.6 Å². The summed E-state index contributed by atoms with van der Waals surface area (Å²) >= 11 is 0. The molecule has 0 bridgehead atoms. The Hall–Kier alpha value is -2.80. The molecule has 1 aromatic heterocycles. The molecule has 1 aromatic carbocycles. The number of hydrogen-bond donors (Lipinski definition) is 2. The number of carbonyl (C=O) groups excluding carboxylic acids is 1. The van der Waals surface area contributed by atoms with Gasteiger partial charge in [-0.05, 0) is 18.6 Å². The van der Waals surface area contributed by atoms with Crippen molar-refractivity contribution >= 4 is 17.8 Å². The van der Waals surface area contributed by atoms with Crippen molar-refractivity contribution < 1.29 is 13.9 Å². The Morgan fingerprint density at radius 1 is 1.31 bits per heavy atom. The maximum Gasteiger partial charge on any atom is 0.224 e. The van der Waals surface area contributed by atoms with Crippen molar-refractivity contribution in [1.29, 1.82) is 0 Å². The highest BCUT2D eigenvalue weighted by atomic mass is 19.1. The Morgan fingerprint density at radius 3 is 3.00 bits per heavy atom. The Morgan fingerprint density at radius 2 is 2.19 bits per heavy atom. The zero-order valence-corrected chi connectivity index (χ0v) is 14.3. The second-order valence-electron chi connectivity index (χ2n) is 6.01. The van der Waals surface area contributed by atoms with Gasteiger partial charge in [0, 0.05) is 24.8 Å². The third-order valence-corrected chi connectivity index (χ3v) is 4.12. The largest absolute Gasteiger partial charge is 0.379 e. The Kier molecular flexibility index (Phi) is 6.27. The van der Waals surface area contributed by atoms with Gasteiger partial charge in [-0.15, -0.1) is 0 Å². The van der Waals surface area contributed by atoms with Crippen LogP contribution in [0.5, 0.6) is 0 Å². The summed E-state index contributed by atoms with van der Waals surface area (Å²) in [6, 6.07) is 8.09. The predicted molar refractivity (Wildman–Crippen MR) is 96.9 cm³/mol. The molecule has 0 unspecified atom stereocenters. The van der Waals surface area contributed by atoms with E-state index in [-0.39, 0.29) is 30.2 Å². The fourth-order valence-electron chi connectivity index (χ4n) is 2.79. The molecule has 1 amide bonds. The Bertz CT molecular complexity index is 754. The van der Waals surface area contributed by atoms with E-state index in [1.54, 1.807) is 42.6 Å². The third kappa shape index (κ3) is 5.10. The van der Waals surface area contributed by atoms with Gasteiger partial charge in [-0.2, -0.15) is 0 Å². The lowest BCUT2D eigenvalue weighted by Gasteiger charge is -2.33. The van der Waals surface area contributed by atoms with Crippen LogP contribution in [0.4, 0.5) is 10.2 Å². The van der Waals surface area contributed by atoms with Gasteiger partial charge in [0.05, 0.1) is 18.7 Å². The molecule has 2 N–H and O–H groups in total. The minimum Gasteiger partial charge on any atom is -0.379 e. The number of nitrogens with one attached hydrogen (secondary N) is 2. The summed E-state index contributed by atoms with van der Waals surface area (Å²) in [5.41, 5.74) is 0.467. The summed E-state index contributed by atoms with van der Waals surface area (Å²) in [6.45, 7) is 1.08. The third-order valence-electron chi connectivity index (χ3n) is 4.12. The maximum atomic E-state index is 13.6. The first kappa shape index (κ1) is 18.0. The average molecular weight is 356 g/mol. The fourth-order valence-corrected chi connectivity index (χ4v) is 2.79. The smallest absolute Gasteiger partial charge is 0.224 e. The summed E-state index contributed by atoms with van der Waals surface area (Å²) in [4.78, 5) is 20.3. The van der Waals surface area contributed by atoms with Gasteiger partial charge in [-0.1, -0.05) is 30.4 Å². The summed E-state index contributed by atoms with van der Waals surface area (Å²) in [5.74, 6) is 0.274. The molecule has 3 rings (SSSR count). The normalized spacial score (nSPS) is 20.0. The van der Waals surface area contributed by atoms with Crippen molar-refractivity contribution in [3.63, 3.8) is 0 Å². The van der Waals surface area contributed by atoms with Crippen LogP contribution in [0.1, 0.15) is 18.4 Å². The number of benzene rings is 1. The van der Waals surface area contributed by atoms with E-state index in [2.05, 4.69) is 20.6 Å². The van der Waals surface area contributed by atoms with Gasteiger partial charge in [0.15, 0.2) is 0 Å². The molecule has 1 aliphatic rings. The molecule has 2 atom stereocenters. The molecule has 0 radical (unpaired) electrons. The van der Waals surface area contributed by atoms with E-state index in [4.69, 9.17) is 4.74 Å². The zero-order valence-electron chi connectivity index (χ0n) is 14.3. The van der Waals surface area contributed by atoms with Crippen LogP contribution in [-0.4, -0.2) is 41.2 Å². The van der Waals surface area contributed by atoms with Crippen LogP contribution in [0.3, 0.4) is 0 Å². The summed E-state index contributed by atoms with van der Waals surface area (Å²) in [5, 5.41) is 6.29. The first-order valence-corrected chi connectivity index (χ1v) is 8.53. The molecule has 0 spiro atoms. The SMILES string of the molecule is O=C(C/C=C/c1ccccc1F)N[C@H]1CCOC[C@H]1Nc1ccncn1. The van der Waals surface area contributed by atoms with Crippen LogP contribution >= 0.6 is 0 Å². The van der Waals surface area contributed by atoms with Gasteiger partial charge < -0.3 is 15.4 Å². The number of amides is 1. The molecule has 7 heteroatoms. The maximum absolute atomic E-state index is 13.6. The summed E-state index contributed by atoms with van der Waals surface area (Å²) in [6.07, 6.45) is 7.31. The quantitative estimate of drug-likeness (QED) is 0.831. The van der Waals surface area contributed by atoms with Gasteiger partial charge in [0.1, 0.15) is 18.0 Å². The minimum atomic E-state index is -0.303. The highest BCUT2D eigenvalue weighted by molar-refractivity contribution is 5.79. The molecule has 1 saturated heterocycles. The van der Waals surface area contributed by atoms with Crippen molar-refractivity contribution in [1.82, 2.24) is 15.3 Å². The van der Waals surface area contributed by atoms with E-state index >= 15 is 0 Å². The number of carbonyl (C=O) groups is 1. The number of aromatic nitrogens is 2. The van der Waals surface area contributed by atoms with E-state index in [9.17, 15) is 9.18 Å². The standard InChI is InChI=1S/C19H21FN4O2/c20-15-6-2-1-4-14(15)5-3-7-19(25)24-16-9-11-26-12-17(16)23-18-8-10-21-13-22-18/h1-6,8,10,13,16-17H,7,9,11-12H2,(H,24,25)(H,21,22,23)/b5-3+/t16-,17+/m0/s1. The van der Waals surface area contributed by atoms with Crippen LogP contribution in [-0.2, 0) is 9.53 Å². The van der Waals surface area contributed by atoms with Crippen molar-refractivity contribution in [3.05, 3.63) is 60.3 Å². The zero-order chi connectivity index (χ0) is 18.2. The lowest BCUT2D eigenvalue weighted by molar-refractivity contribution is -0.121. The van der Waals surface area contributed by atoms with Gasteiger partial charge in [-0.25, -0.2) is 14.4 Å².